The maximum absolute atomic E-state index is 12.3. The molecule has 2 aromatic carbocycles. The molecule has 4 N–H and O–H groups in total. The first kappa shape index (κ1) is 24.1. The number of amides is 1. The van der Waals surface area contributed by atoms with Gasteiger partial charge in [-0.1, -0.05) is 12.1 Å². The van der Waals surface area contributed by atoms with Gasteiger partial charge in [0.15, 0.2) is 0 Å². The molecule has 1 heterocycles. The number of hydrogen-bond donors (Lipinski definition) is 3. The normalized spacial score (nSPS) is 15.8. The second-order valence-electron chi connectivity index (χ2n) is 7.60. The number of carbonyl (C=O) groups is 1. The van der Waals surface area contributed by atoms with Crippen molar-refractivity contribution in [3.05, 3.63) is 59.7 Å². The summed E-state index contributed by atoms with van der Waals surface area (Å²) in [6, 6.07) is 13.0. The molecule has 10 heteroatoms. The molecule has 9 nitrogen and oxygen atoms in total. The van der Waals surface area contributed by atoms with Crippen molar-refractivity contribution >= 4 is 15.9 Å². The number of nitrogens with zero attached hydrogens (tertiary/aromatic N) is 1. The van der Waals surface area contributed by atoms with Crippen molar-refractivity contribution in [2.75, 3.05) is 46.0 Å². The third-order valence-electron chi connectivity index (χ3n) is 5.08. The lowest BCUT2D eigenvalue weighted by molar-refractivity contribution is 0.00465. The zero-order valence-corrected chi connectivity index (χ0v) is 18.6. The van der Waals surface area contributed by atoms with Gasteiger partial charge in [0, 0.05) is 31.7 Å². The van der Waals surface area contributed by atoms with Crippen LogP contribution in [0.15, 0.2) is 53.4 Å². The SMILES string of the molecule is NS(=O)(=O)c1ccc(CCNC(=O)c2ccc(OCC(O)CN3CCOCC3)cc2)cc1. The summed E-state index contributed by atoms with van der Waals surface area (Å²) in [4.78, 5) is 14.5. The molecule has 1 amide bonds. The molecule has 0 aromatic heterocycles. The number of rotatable bonds is 10. The minimum Gasteiger partial charge on any atom is -0.491 e. The molecular weight excluding hydrogens is 434 g/mol. The van der Waals surface area contributed by atoms with Gasteiger partial charge in [0.1, 0.15) is 18.5 Å². The van der Waals surface area contributed by atoms with Gasteiger partial charge in [-0.05, 0) is 48.4 Å². The first-order chi connectivity index (χ1) is 15.3. The second kappa shape index (κ2) is 11.4. The van der Waals surface area contributed by atoms with Crippen molar-refractivity contribution in [1.29, 1.82) is 0 Å². The minimum absolute atomic E-state index is 0.0567. The molecule has 3 rings (SSSR count). The van der Waals surface area contributed by atoms with E-state index in [0.29, 0.717) is 44.0 Å². The van der Waals surface area contributed by atoms with E-state index in [1.165, 1.54) is 12.1 Å². The Morgan fingerprint density at radius 2 is 1.78 bits per heavy atom. The largest absolute Gasteiger partial charge is 0.491 e. The topological polar surface area (TPSA) is 131 Å². The van der Waals surface area contributed by atoms with Crippen molar-refractivity contribution in [1.82, 2.24) is 10.2 Å². The smallest absolute Gasteiger partial charge is 0.251 e. The first-order valence-electron chi connectivity index (χ1n) is 10.4. The maximum Gasteiger partial charge on any atom is 0.251 e. The lowest BCUT2D eigenvalue weighted by Crippen LogP contribution is -2.42. The van der Waals surface area contributed by atoms with Crippen LogP contribution in [0.4, 0.5) is 0 Å². The highest BCUT2D eigenvalue weighted by atomic mass is 32.2. The van der Waals surface area contributed by atoms with Gasteiger partial charge in [-0.15, -0.1) is 0 Å². The second-order valence-corrected chi connectivity index (χ2v) is 9.16. The zero-order valence-electron chi connectivity index (χ0n) is 17.8. The minimum atomic E-state index is -3.71. The summed E-state index contributed by atoms with van der Waals surface area (Å²) in [5.41, 5.74) is 1.38. The Morgan fingerprint density at radius 1 is 1.12 bits per heavy atom. The molecule has 2 aromatic rings. The summed E-state index contributed by atoms with van der Waals surface area (Å²) >= 11 is 0. The Labute approximate surface area is 188 Å². The number of nitrogens with two attached hydrogens (primary N) is 1. The average molecular weight is 464 g/mol. The number of benzene rings is 2. The standard InChI is InChI=1S/C22H29N3O6S/c23-32(28,29)21-7-1-17(2-8-21)9-10-24-22(27)18-3-5-20(6-4-18)31-16-19(26)15-25-11-13-30-14-12-25/h1-8,19,26H,9-16H2,(H,24,27)(H2,23,28,29). The number of nitrogens with one attached hydrogen (secondary N) is 1. The van der Waals surface area contributed by atoms with Crippen LogP contribution in [0.2, 0.25) is 0 Å². The summed E-state index contributed by atoms with van der Waals surface area (Å²) in [5.74, 6) is 0.364. The molecule has 0 aliphatic carbocycles. The van der Waals surface area contributed by atoms with Crippen molar-refractivity contribution in [2.24, 2.45) is 5.14 Å². The number of ether oxygens (including phenoxy) is 2. The quantitative estimate of drug-likeness (QED) is 0.464. The highest BCUT2D eigenvalue weighted by Crippen LogP contribution is 2.13. The molecule has 1 aliphatic rings. The average Bonchev–Trinajstić information content (AvgIpc) is 2.78. The van der Waals surface area contributed by atoms with Crippen LogP contribution >= 0.6 is 0 Å². The molecule has 0 spiro atoms. The van der Waals surface area contributed by atoms with E-state index in [2.05, 4.69) is 10.2 Å². The van der Waals surface area contributed by atoms with Crippen molar-refractivity contribution in [3.8, 4) is 5.75 Å². The van der Waals surface area contributed by atoms with Crippen LogP contribution in [0.25, 0.3) is 0 Å². The molecule has 1 unspecified atom stereocenters. The Balaban J connectivity index is 1.39. The fraction of sp³-hybridized carbons (Fsp3) is 0.409. The molecule has 0 saturated carbocycles. The molecule has 32 heavy (non-hydrogen) atoms. The molecule has 1 aliphatic heterocycles. The van der Waals surface area contributed by atoms with E-state index in [9.17, 15) is 18.3 Å². The van der Waals surface area contributed by atoms with Crippen LogP contribution in [0.5, 0.6) is 5.75 Å². The van der Waals surface area contributed by atoms with Crippen LogP contribution in [0.1, 0.15) is 15.9 Å². The Bertz CT molecular complexity index is 974. The van der Waals surface area contributed by atoms with Crippen LogP contribution in [0.3, 0.4) is 0 Å². The lowest BCUT2D eigenvalue weighted by Gasteiger charge is -2.28. The van der Waals surface area contributed by atoms with Crippen molar-refractivity contribution < 1.29 is 27.8 Å². The highest BCUT2D eigenvalue weighted by Gasteiger charge is 2.15. The summed E-state index contributed by atoms with van der Waals surface area (Å²) in [5, 5.41) is 18.1. The van der Waals surface area contributed by atoms with Gasteiger partial charge in [0.25, 0.3) is 5.91 Å². The van der Waals surface area contributed by atoms with Gasteiger partial charge >= 0.3 is 0 Å². The van der Waals surface area contributed by atoms with Crippen LogP contribution in [-0.2, 0) is 21.2 Å². The predicted molar refractivity (Wildman–Crippen MR) is 119 cm³/mol. The molecular formula is C22H29N3O6S. The number of β-amino-alcohol motifs (C(OH)–C–C–N with tert-alkyl or cyclic N) is 1. The molecule has 1 fully saturated rings. The number of hydrogen-bond acceptors (Lipinski definition) is 7. The summed E-state index contributed by atoms with van der Waals surface area (Å²) in [7, 11) is -3.71. The molecule has 0 radical (unpaired) electrons. The fourth-order valence-corrected chi connectivity index (χ4v) is 3.81. The monoisotopic (exact) mass is 463 g/mol. The van der Waals surface area contributed by atoms with E-state index in [4.69, 9.17) is 14.6 Å². The Kier molecular flexibility index (Phi) is 8.60. The molecule has 174 valence electrons. The molecule has 1 atom stereocenters. The van der Waals surface area contributed by atoms with Crippen LogP contribution in [-0.4, -0.2) is 76.4 Å². The van der Waals surface area contributed by atoms with Crippen molar-refractivity contribution in [2.45, 2.75) is 17.4 Å². The summed E-state index contributed by atoms with van der Waals surface area (Å²) in [6.07, 6.45) is -0.0473. The van der Waals surface area contributed by atoms with Gasteiger partial charge in [0.2, 0.25) is 10.0 Å². The van der Waals surface area contributed by atoms with Crippen LogP contribution in [0, 0.1) is 0 Å². The third kappa shape index (κ3) is 7.57. The molecule has 0 bridgehead atoms. The number of primary sulfonamides is 1. The van der Waals surface area contributed by atoms with Gasteiger partial charge < -0.3 is 19.9 Å². The maximum atomic E-state index is 12.3. The van der Waals surface area contributed by atoms with Gasteiger partial charge in [-0.25, -0.2) is 13.6 Å². The molecule has 1 saturated heterocycles. The van der Waals surface area contributed by atoms with E-state index in [-0.39, 0.29) is 17.4 Å². The summed E-state index contributed by atoms with van der Waals surface area (Å²) < 4.78 is 33.5. The lowest BCUT2D eigenvalue weighted by atomic mass is 10.1. The Hall–Kier alpha value is -2.50. The van der Waals surface area contributed by atoms with E-state index >= 15 is 0 Å². The van der Waals surface area contributed by atoms with Crippen molar-refractivity contribution in [3.63, 3.8) is 0 Å². The van der Waals surface area contributed by atoms with Gasteiger partial charge in [-0.2, -0.15) is 0 Å². The number of morpholine rings is 1. The Morgan fingerprint density at radius 3 is 2.41 bits per heavy atom. The third-order valence-corrected chi connectivity index (χ3v) is 6.01. The van der Waals surface area contributed by atoms with E-state index < -0.39 is 16.1 Å². The number of carbonyl (C=O) groups excluding carboxylic acids is 1. The highest BCUT2D eigenvalue weighted by molar-refractivity contribution is 7.89. The summed E-state index contributed by atoms with van der Waals surface area (Å²) in [6.45, 7) is 4.09. The van der Waals surface area contributed by atoms with E-state index in [0.717, 1.165) is 18.7 Å². The zero-order chi connectivity index (χ0) is 23.0. The first-order valence-corrected chi connectivity index (χ1v) is 12.0. The van der Waals surface area contributed by atoms with Gasteiger partial charge in [-0.3, -0.25) is 9.69 Å². The fourth-order valence-electron chi connectivity index (χ4n) is 3.30. The number of sulfonamides is 1. The van der Waals surface area contributed by atoms with E-state index in [1.807, 2.05) is 0 Å². The van der Waals surface area contributed by atoms with E-state index in [1.54, 1.807) is 36.4 Å². The van der Waals surface area contributed by atoms with Crippen LogP contribution < -0.4 is 15.2 Å². The number of aliphatic hydroxyl groups excluding tert-OH is 1. The predicted octanol–water partition coefficient (Wildman–Crippen LogP) is 0.378. The number of aliphatic hydroxyl groups is 1. The van der Waals surface area contributed by atoms with Gasteiger partial charge in [0.05, 0.1) is 18.1 Å².